The Labute approximate surface area is 350 Å². The first kappa shape index (κ1) is 47.4. The topological polar surface area (TPSA) is 291 Å². The number of aliphatic imine (C=N–C) groups is 1. The standard InChI is InChI=1S/C39H43F4N11O8/c1-2-5-25-29(40)31(42)32(43)34(30(25)41)62-28(57)13-16-61-17-15-46-18-23(54-45)6-3-4-14-47-37(59)26(11-12-27(55)56)51-36(58)21-7-9-22(10-8-21)48-19-24-20-49-35-33(50-24)38(60)53-39(44)52-35/h2,5,7-10,18,20,26,48H,3-4,6,11-17,19,45H2,1H3,(H,47,59)(H,51,58)(H,55,56)(H3,44,49,52,53,60)/b5-2+,46-18?,54-23-/t26-/m0/s1. The number of nitrogens with two attached hydrogens (primary N) is 2. The van der Waals surface area contributed by atoms with Gasteiger partial charge in [-0.2, -0.15) is 14.5 Å². The normalized spacial score (nSPS) is 12.2. The van der Waals surface area contributed by atoms with Crippen molar-refractivity contribution < 1.29 is 51.3 Å². The van der Waals surface area contributed by atoms with Crippen molar-refractivity contribution in [2.24, 2.45) is 15.9 Å². The lowest BCUT2D eigenvalue weighted by Crippen LogP contribution is -2.47. The molecule has 0 aliphatic heterocycles. The summed E-state index contributed by atoms with van der Waals surface area (Å²) in [7, 11) is 0. The van der Waals surface area contributed by atoms with E-state index in [1.54, 1.807) is 12.1 Å². The fraction of sp³-hybridized carbons (Fsp3) is 0.333. The van der Waals surface area contributed by atoms with Gasteiger partial charge < -0.3 is 42.1 Å². The third-order valence-corrected chi connectivity index (χ3v) is 8.56. The molecule has 2 amide bonds. The molecule has 19 nitrogen and oxygen atoms in total. The van der Waals surface area contributed by atoms with Crippen LogP contribution in [0.15, 0.2) is 51.4 Å². The van der Waals surface area contributed by atoms with Gasteiger partial charge in [0, 0.05) is 30.4 Å². The Balaban J connectivity index is 1.14. The molecule has 9 N–H and O–H groups in total. The second-order valence-corrected chi connectivity index (χ2v) is 13.1. The zero-order valence-corrected chi connectivity index (χ0v) is 33.2. The van der Waals surface area contributed by atoms with Crippen molar-refractivity contribution in [2.75, 3.05) is 37.4 Å². The number of hydrazone groups is 1. The van der Waals surface area contributed by atoms with E-state index in [4.69, 9.17) is 16.3 Å². The van der Waals surface area contributed by atoms with Crippen molar-refractivity contribution in [3.05, 3.63) is 87.0 Å². The number of ether oxygens (including phenoxy) is 2. The minimum absolute atomic E-state index is 0.0260. The number of unbranched alkanes of at least 4 members (excludes halogenated alkanes) is 1. The minimum Gasteiger partial charge on any atom is -0.481 e. The van der Waals surface area contributed by atoms with Crippen molar-refractivity contribution in [3.8, 4) is 5.75 Å². The quantitative estimate of drug-likeness (QED) is 0.00649. The van der Waals surface area contributed by atoms with Crippen molar-refractivity contribution in [2.45, 2.75) is 58.0 Å². The van der Waals surface area contributed by atoms with Crippen LogP contribution in [0.2, 0.25) is 0 Å². The number of fused-ring (bicyclic) bond motifs is 1. The molecule has 2 aromatic heterocycles. The number of carbonyl (C=O) groups is 4. The second kappa shape index (κ2) is 23.5. The molecular formula is C39H43F4N11O8. The molecule has 2 heterocycles. The number of amides is 2. The lowest BCUT2D eigenvalue weighted by atomic mass is 10.1. The van der Waals surface area contributed by atoms with E-state index in [1.165, 1.54) is 37.5 Å². The first-order valence-corrected chi connectivity index (χ1v) is 18.9. The number of nitrogens with one attached hydrogen (secondary N) is 4. The lowest BCUT2D eigenvalue weighted by Gasteiger charge is -2.18. The average Bonchev–Trinajstić information content (AvgIpc) is 3.25. The van der Waals surface area contributed by atoms with E-state index >= 15 is 0 Å². The number of anilines is 2. The summed E-state index contributed by atoms with van der Waals surface area (Å²) in [5.74, 6) is -6.74. The molecule has 0 aliphatic rings. The summed E-state index contributed by atoms with van der Waals surface area (Å²) in [6.45, 7) is 1.70. The third-order valence-electron chi connectivity index (χ3n) is 8.56. The summed E-state index contributed by atoms with van der Waals surface area (Å²) in [6, 6.07) is 5.11. The lowest BCUT2D eigenvalue weighted by molar-refractivity contribution is -0.138. The SMILES string of the molecule is C/C=C/c1c(F)c(F)c(F)c(OC(=O)CCOCCN=C/C(CCCCNC(=O)[C@H](CCC(=O)O)NC(=O)c2ccc(NCc3cnc4nc(N)[nH]c(=O)c4n3)cc2)=N\N)c1F. The number of halogens is 4. The number of aliphatic carboxylic acids is 1. The molecule has 62 heavy (non-hydrogen) atoms. The maximum Gasteiger partial charge on any atom is 0.313 e. The molecule has 0 bridgehead atoms. The van der Waals surface area contributed by atoms with E-state index in [1.807, 2.05) is 0 Å². The van der Waals surface area contributed by atoms with E-state index in [0.717, 1.165) is 6.08 Å². The van der Waals surface area contributed by atoms with E-state index in [9.17, 15) is 46.6 Å². The van der Waals surface area contributed by atoms with Gasteiger partial charge in [-0.15, -0.1) is 0 Å². The van der Waals surface area contributed by atoms with Gasteiger partial charge in [-0.3, -0.25) is 33.9 Å². The van der Waals surface area contributed by atoms with Crippen LogP contribution in [0.25, 0.3) is 17.2 Å². The van der Waals surface area contributed by atoms with Crippen LogP contribution in [0.3, 0.4) is 0 Å². The Hall–Kier alpha value is -7.30. The molecule has 0 radical (unpaired) electrons. The van der Waals surface area contributed by atoms with Gasteiger partial charge >= 0.3 is 11.9 Å². The minimum atomic E-state index is -1.99. The van der Waals surface area contributed by atoms with Gasteiger partial charge in [0.1, 0.15) is 6.04 Å². The predicted molar refractivity (Wildman–Crippen MR) is 218 cm³/mol. The van der Waals surface area contributed by atoms with Gasteiger partial charge in [0.05, 0.1) is 55.9 Å². The summed E-state index contributed by atoms with van der Waals surface area (Å²) in [5, 5.41) is 21.3. The van der Waals surface area contributed by atoms with Gasteiger partial charge in [0.15, 0.2) is 28.6 Å². The molecule has 0 spiro atoms. The molecular weight excluding hydrogens is 826 g/mol. The van der Waals surface area contributed by atoms with Crippen LogP contribution in [-0.2, 0) is 25.7 Å². The van der Waals surface area contributed by atoms with Gasteiger partial charge in [-0.25, -0.2) is 23.1 Å². The number of aromatic amines is 1. The Kier molecular flexibility index (Phi) is 17.9. The first-order chi connectivity index (χ1) is 29.7. The average molecular weight is 870 g/mol. The van der Waals surface area contributed by atoms with E-state index in [0.29, 0.717) is 36.4 Å². The highest BCUT2D eigenvalue weighted by Gasteiger charge is 2.27. The Morgan fingerprint density at radius 2 is 1.74 bits per heavy atom. The number of benzene rings is 2. The number of hydrogen-bond acceptors (Lipinski definition) is 15. The number of rotatable bonds is 23. The third kappa shape index (κ3) is 13.9. The van der Waals surface area contributed by atoms with Crippen molar-refractivity contribution in [1.29, 1.82) is 0 Å². The molecule has 0 aliphatic carbocycles. The number of H-pyrrole nitrogens is 1. The van der Waals surface area contributed by atoms with E-state index in [2.05, 4.69) is 50.7 Å². The fourth-order valence-corrected chi connectivity index (χ4v) is 5.44. The zero-order valence-electron chi connectivity index (χ0n) is 33.2. The summed E-state index contributed by atoms with van der Waals surface area (Å²) in [6.07, 6.45) is 5.27. The molecule has 4 aromatic rings. The predicted octanol–water partition coefficient (Wildman–Crippen LogP) is 3.14. The van der Waals surface area contributed by atoms with E-state index < -0.39 is 76.4 Å². The molecule has 1 atom stereocenters. The maximum atomic E-state index is 14.4. The second-order valence-electron chi connectivity index (χ2n) is 13.1. The molecule has 23 heteroatoms. The molecule has 0 unspecified atom stereocenters. The Morgan fingerprint density at radius 3 is 2.45 bits per heavy atom. The molecule has 0 saturated carbocycles. The van der Waals surface area contributed by atoms with Crippen LogP contribution in [0.4, 0.5) is 29.2 Å². The highest BCUT2D eigenvalue weighted by Crippen LogP contribution is 2.31. The number of esters is 1. The first-order valence-electron chi connectivity index (χ1n) is 18.9. The van der Waals surface area contributed by atoms with Crippen LogP contribution >= 0.6 is 0 Å². The number of aromatic nitrogens is 4. The summed E-state index contributed by atoms with van der Waals surface area (Å²) >= 11 is 0. The number of carboxylic acid groups (broad SMARTS) is 1. The van der Waals surface area contributed by atoms with Crippen LogP contribution in [0.1, 0.15) is 67.1 Å². The highest BCUT2D eigenvalue weighted by molar-refractivity contribution is 6.30. The zero-order chi connectivity index (χ0) is 45.2. The van der Waals surface area contributed by atoms with Crippen molar-refractivity contribution >= 4 is 64.6 Å². The Morgan fingerprint density at radius 1 is 0.984 bits per heavy atom. The molecule has 0 saturated heterocycles. The van der Waals surface area contributed by atoms with Crippen LogP contribution in [-0.4, -0.2) is 93.1 Å². The van der Waals surface area contributed by atoms with E-state index in [-0.39, 0.29) is 68.4 Å². The maximum absolute atomic E-state index is 14.4. The van der Waals surface area contributed by atoms with Crippen LogP contribution in [0, 0.1) is 23.3 Å². The van der Waals surface area contributed by atoms with Crippen molar-refractivity contribution in [3.63, 3.8) is 0 Å². The number of allylic oxidation sites excluding steroid dienone is 1. The fourth-order valence-electron chi connectivity index (χ4n) is 5.44. The number of carboxylic acids is 1. The highest BCUT2D eigenvalue weighted by atomic mass is 19.2. The number of hydrogen-bond donors (Lipinski definition) is 7. The van der Waals surface area contributed by atoms with Gasteiger partial charge in [-0.05, 0) is 56.9 Å². The Bertz CT molecular complexity index is 2400. The summed E-state index contributed by atoms with van der Waals surface area (Å²) in [5.41, 5.74) is 5.92. The molecule has 2 aromatic carbocycles. The van der Waals surface area contributed by atoms with Gasteiger partial charge in [0.25, 0.3) is 11.5 Å². The van der Waals surface area contributed by atoms with Crippen LogP contribution < -0.4 is 37.8 Å². The summed E-state index contributed by atoms with van der Waals surface area (Å²) in [4.78, 5) is 80.3. The smallest absolute Gasteiger partial charge is 0.313 e. The van der Waals surface area contributed by atoms with Gasteiger partial charge in [0.2, 0.25) is 23.4 Å². The number of nitrogen functional groups attached to an aromatic ring is 1. The molecule has 4 rings (SSSR count). The molecule has 330 valence electrons. The monoisotopic (exact) mass is 869 g/mol. The van der Waals surface area contributed by atoms with Crippen LogP contribution in [0.5, 0.6) is 5.75 Å². The summed E-state index contributed by atoms with van der Waals surface area (Å²) < 4.78 is 66.0. The number of carbonyl (C=O) groups excluding carboxylic acids is 3. The van der Waals surface area contributed by atoms with Gasteiger partial charge in [-0.1, -0.05) is 12.2 Å². The van der Waals surface area contributed by atoms with Crippen molar-refractivity contribution in [1.82, 2.24) is 30.6 Å². The largest absolute Gasteiger partial charge is 0.481 e. The molecule has 0 fully saturated rings. The number of nitrogens with zero attached hydrogens (tertiary/aromatic N) is 5.